The molecular formula is C20H11BCl2O2. The highest BCUT2D eigenvalue weighted by atomic mass is 35.5. The van der Waals surface area contributed by atoms with E-state index in [0.717, 1.165) is 38.5 Å². The van der Waals surface area contributed by atoms with E-state index in [4.69, 9.17) is 32.5 Å². The van der Waals surface area contributed by atoms with Crippen molar-refractivity contribution in [2.75, 3.05) is 0 Å². The molecule has 0 bridgehead atoms. The predicted molar refractivity (Wildman–Crippen MR) is 105 cm³/mol. The highest BCUT2D eigenvalue weighted by Crippen LogP contribution is 2.47. The Balaban J connectivity index is 1.80. The van der Waals surface area contributed by atoms with E-state index in [2.05, 4.69) is 0 Å². The van der Waals surface area contributed by atoms with Gasteiger partial charge in [0.1, 0.15) is 0 Å². The zero-order valence-corrected chi connectivity index (χ0v) is 14.5. The van der Waals surface area contributed by atoms with Gasteiger partial charge in [0, 0.05) is 26.3 Å². The minimum Gasteiger partial charge on any atom is -0.519 e. The first-order valence-corrected chi connectivity index (χ1v) is 8.69. The Labute approximate surface area is 155 Å². The zero-order chi connectivity index (χ0) is 17.0. The molecule has 0 spiro atoms. The number of hydrogen-bond donors (Lipinski definition) is 0. The van der Waals surface area contributed by atoms with Crippen molar-refractivity contribution in [2.45, 2.75) is 0 Å². The maximum Gasteiger partial charge on any atom is 0.632 e. The average molecular weight is 365 g/mol. The van der Waals surface area contributed by atoms with Gasteiger partial charge in [-0.15, -0.1) is 0 Å². The van der Waals surface area contributed by atoms with Gasteiger partial charge < -0.3 is 9.31 Å². The fourth-order valence-electron chi connectivity index (χ4n) is 3.34. The number of halogens is 2. The second-order valence-corrected chi connectivity index (χ2v) is 6.89. The van der Waals surface area contributed by atoms with Crippen molar-refractivity contribution in [3.05, 3.63) is 76.8 Å². The standard InChI is InChI=1S/C20H11BCl2O2/c22-13-6-8-15-17(10-13)18-11-14(23)7-9-16(18)20-19(15)24-21(25-20)12-4-2-1-3-5-12/h1-11H. The van der Waals surface area contributed by atoms with Crippen LogP contribution in [0.15, 0.2) is 66.7 Å². The highest BCUT2D eigenvalue weighted by Gasteiger charge is 2.36. The summed E-state index contributed by atoms with van der Waals surface area (Å²) in [6.07, 6.45) is 0. The largest absolute Gasteiger partial charge is 0.632 e. The van der Waals surface area contributed by atoms with Gasteiger partial charge in [0.05, 0.1) is 0 Å². The van der Waals surface area contributed by atoms with Gasteiger partial charge in [-0.1, -0.05) is 53.5 Å². The lowest BCUT2D eigenvalue weighted by molar-refractivity contribution is 0.522. The van der Waals surface area contributed by atoms with E-state index in [1.807, 2.05) is 66.7 Å². The van der Waals surface area contributed by atoms with Crippen LogP contribution in [0.1, 0.15) is 0 Å². The van der Waals surface area contributed by atoms with Crippen LogP contribution in [0.5, 0.6) is 11.5 Å². The Morgan fingerprint density at radius 3 is 1.64 bits per heavy atom. The molecule has 5 rings (SSSR count). The van der Waals surface area contributed by atoms with Crippen molar-refractivity contribution in [3.63, 3.8) is 0 Å². The molecule has 1 aliphatic rings. The quantitative estimate of drug-likeness (QED) is 0.329. The summed E-state index contributed by atoms with van der Waals surface area (Å²) in [4.78, 5) is 0. The lowest BCUT2D eigenvalue weighted by Gasteiger charge is -2.10. The third kappa shape index (κ3) is 2.35. The molecule has 0 amide bonds. The van der Waals surface area contributed by atoms with E-state index >= 15 is 0 Å². The topological polar surface area (TPSA) is 18.5 Å². The lowest BCUT2D eigenvalue weighted by Crippen LogP contribution is -2.38. The first-order valence-electron chi connectivity index (χ1n) is 7.93. The molecule has 5 heteroatoms. The maximum absolute atomic E-state index is 6.23. The molecule has 0 aromatic heterocycles. The summed E-state index contributed by atoms with van der Waals surface area (Å²) in [5.41, 5.74) is 0.975. The van der Waals surface area contributed by atoms with Crippen LogP contribution >= 0.6 is 23.2 Å². The van der Waals surface area contributed by atoms with E-state index in [-0.39, 0.29) is 0 Å². The fourth-order valence-corrected chi connectivity index (χ4v) is 3.68. The predicted octanol–water partition coefficient (Wildman–Crippen LogP) is 5.47. The molecule has 0 N–H and O–H groups in total. The monoisotopic (exact) mass is 364 g/mol. The van der Waals surface area contributed by atoms with E-state index < -0.39 is 7.12 Å². The molecule has 2 nitrogen and oxygen atoms in total. The molecule has 0 fully saturated rings. The van der Waals surface area contributed by atoms with Crippen LogP contribution < -0.4 is 14.8 Å². The van der Waals surface area contributed by atoms with Gasteiger partial charge >= 0.3 is 7.12 Å². The van der Waals surface area contributed by atoms with Crippen molar-refractivity contribution in [2.24, 2.45) is 0 Å². The number of benzene rings is 4. The second kappa shape index (κ2) is 5.58. The van der Waals surface area contributed by atoms with Crippen LogP contribution in [0, 0.1) is 0 Å². The van der Waals surface area contributed by atoms with Crippen molar-refractivity contribution >= 4 is 57.3 Å². The molecular weight excluding hydrogens is 354 g/mol. The van der Waals surface area contributed by atoms with Gasteiger partial charge in [-0.05, 0) is 47.2 Å². The minimum absolute atomic E-state index is 0.462. The summed E-state index contributed by atoms with van der Waals surface area (Å²) in [6.45, 7) is 0. The Morgan fingerprint density at radius 2 is 1.12 bits per heavy atom. The number of fused-ring (bicyclic) bond motifs is 6. The first-order chi connectivity index (χ1) is 12.2. The van der Waals surface area contributed by atoms with Gasteiger partial charge in [-0.25, -0.2) is 0 Å². The second-order valence-electron chi connectivity index (χ2n) is 6.02. The summed E-state index contributed by atoms with van der Waals surface area (Å²) >= 11 is 12.5. The molecule has 25 heavy (non-hydrogen) atoms. The molecule has 1 aliphatic heterocycles. The van der Waals surface area contributed by atoms with Crippen molar-refractivity contribution in [3.8, 4) is 11.5 Å². The van der Waals surface area contributed by atoms with Crippen molar-refractivity contribution in [1.82, 2.24) is 0 Å². The molecule has 120 valence electrons. The molecule has 4 aromatic carbocycles. The van der Waals surface area contributed by atoms with Gasteiger partial charge in [-0.2, -0.15) is 0 Å². The van der Waals surface area contributed by atoms with E-state index in [9.17, 15) is 0 Å². The van der Waals surface area contributed by atoms with E-state index in [1.54, 1.807) is 0 Å². The van der Waals surface area contributed by atoms with Gasteiger partial charge in [0.15, 0.2) is 11.5 Å². The third-order valence-corrected chi connectivity index (χ3v) is 4.94. The fraction of sp³-hybridized carbons (Fsp3) is 0. The Kier molecular flexibility index (Phi) is 3.34. The summed E-state index contributed by atoms with van der Waals surface area (Å²) in [7, 11) is -0.462. The normalized spacial score (nSPS) is 13.0. The van der Waals surface area contributed by atoms with Gasteiger partial charge in [0.25, 0.3) is 0 Å². The molecule has 0 aliphatic carbocycles. The van der Waals surface area contributed by atoms with Gasteiger partial charge in [-0.3, -0.25) is 0 Å². The Bertz CT molecular complexity index is 1060. The minimum atomic E-state index is -0.462. The lowest BCUT2D eigenvalue weighted by atomic mass is 9.79. The molecule has 4 aromatic rings. The van der Waals surface area contributed by atoms with Gasteiger partial charge in [0.2, 0.25) is 0 Å². The van der Waals surface area contributed by atoms with Crippen LogP contribution in [0.25, 0.3) is 21.5 Å². The molecule has 0 atom stereocenters. The summed E-state index contributed by atoms with van der Waals surface area (Å²) < 4.78 is 12.4. The smallest absolute Gasteiger partial charge is 0.519 e. The first kappa shape index (κ1) is 14.9. The summed E-state index contributed by atoms with van der Waals surface area (Å²) in [5, 5.41) is 5.28. The zero-order valence-electron chi connectivity index (χ0n) is 13.0. The van der Waals surface area contributed by atoms with Crippen LogP contribution in [-0.2, 0) is 0 Å². The van der Waals surface area contributed by atoms with E-state index in [0.29, 0.717) is 10.0 Å². The molecule has 0 saturated carbocycles. The van der Waals surface area contributed by atoms with Crippen LogP contribution in [0.3, 0.4) is 0 Å². The maximum atomic E-state index is 6.23. The van der Waals surface area contributed by atoms with Crippen molar-refractivity contribution < 1.29 is 9.31 Å². The Hall–Kier alpha value is -2.36. The SMILES string of the molecule is Clc1ccc2c3c(c4ccc(Cl)cc4c2c1)OB(c1ccccc1)O3. The Morgan fingerprint density at radius 1 is 0.600 bits per heavy atom. The summed E-state index contributed by atoms with van der Waals surface area (Å²) in [5.74, 6) is 1.49. The molecule has 1 heterocycles. The molecule has 0 unspecified atom stereocenters. The highest BCUT2D eigenvalue weighted by molar-refractivity contribution is 6.64. The molecule has 0 saturated heterocycles. The average Bonchev–Trinajstić information content (AvgIpc) is 3.08. The number of rotatable bonds is 1. The van der Waals surface area contributed by atoms with Crippen LogP contribution in [0.4, 0.5) is 0 Å². The molecule has 0 radical (unpaired) electrons. The third-order valence-electron chi connectivity index (χ3n) is 4.47. The summed E-state index contributed by atoms with van der Waals surface area (Å²) in [6, 6.07) is 21.4. The van der Waals surface area contributed by atoms with E-state index in [1.165, 1.54) is 0 Å². The van der Waals surface area contributed by atoms with Crippen molar-refractivity contribution in [1.29, 1.82) is 0 Å². The van der Waals surface area contributed by atoms with Crippen LogP contribution in [-0.4, -0.2) is 7.12 Å². The number of hydrogen-bond acceptors (Lipinski definition) is 2. The van der Waals surface area contributed by atoms with Crippen LogP contribution in [0.2, 0.25) is 10.0 Å².